The van der Waals surface area contributed by atoms with Crippen LogP contribution in [0.5, 0.6) is 0 Å². The summed E-state index contributed by atoms with van der Waals surface area (Å²) in [6.45, 7) is 4.75. The van der Waals surface area contributed by atoms with E-state index in [-0.39, 0.29) is 11.9 Å². The molecule has 0 radical (unpaired) electrons. The third-order valence-electron chi connectivity index (χ3n) is 5.18. The lowest BCUT2D eigenvalue weighted by Gasteiger charge is -2.28. The van der Waals surface area contributed by atoms with Crippen molar-refractivity contribution < 1.29 is 13.2 Å². The highest BCUT2D eigenvalue weighted by atomic mass is 32.2. The fourth-order valence-corrected chi connectivity index (χ4v) is 6.45. The van der Waals surface area contributed by atoms with Gasteiger partial charge in [-0.2, -0.15) is 4.31 Å². The quantitative estimate of drug-likeness (QED) is 0.746. The molecular weight excluding hydrogens is 394 g/mol. The molecule has 1 aromatic heterocycles. The van der Waals surface area contributed by atoms with Gasteiger partial charge in [-0.25, -0.2) is 8.42 Å². The maximum Gasteiger partial charge on any atom is 0.253 e. The standard InChI is InChI=1S/C20H27N3O3S2/c1-15(22(3)17-8-5-4-6-9-17)14-21-20(24)18-10-7-13-23(18)28(25,26)19-12-11-16(2)27-19/h4-6,8-9,11-12,15,18H,7,10,13-14H2,1-3H3,(H,21,24). The minimum absolute atomic E-state index is 0.0813. The van der Waals surface area contributed by atoms with E-state index in [9.17, 15) is 13.2 Å². The average Bonchev–Trinajstić information content (AvgIpc) is 3.35. The molecule has 1 amide bonds. The summed E-state index contributed by atoms with van der Waals surface area (Å²) in [5.41, 5.74) is 1.07. The summed E-state index contributed by atoms with van der Waals surface area (Å²) in [4.78, 5) is 15.8. The van der Waals surface area contributed by atoms with Gasteiger partial charge < -0.3 is 10.2 Å². The molecule has 8 heteroatoms. The Bertz CT molecular complexity index is 912. The van der Waals surface area contributed by atoms with E-state index in [1.165, 1.54) is 15.6 Å². The van der Waals surface area contributed by atoms with E-state index in [1.54, 1.807) is 12.1 Å². The highest BCUT2D eigenvalue weighted by Crippen LogP contribution is 2.30. The van der Waals surface area contributed by atoms with Crippen molar-refractivity contribution in [3.05, 3.63) is 47.3 Å². The topological polar surface area (TPSA) is 69.7 Å². The fourth-order valence-electron chi connectivity index (χ4n) is 3.38. The lowest BCUT2D eigenvalue weighted by atomic mass is 10.2. The van der Waals surface area contributed by atoms with Gasteiger partial charge in [0.2, 0.25) is 5.91 Å². The molecule has 6 nitrogen and oxygen atoms in total. The van der Waals surface area contributed by atoms with E-state index in [1.807, 2.05) is 51.2 Å². The number of benzene rings is 1. The van der Waals surface area contributed by atoms with Gasteiger partial charge in [-0.3, -0.25) is 4.79 Å². The molecule has 1 aliphatic heterocycles. The van der Waals surface area contributed by atoms with Gasteiger partial charge in [-0.05, 0) is 51.0 Å². The fraction of sp³-hybridized carbons (Fsp3) is 0.450. The Morgan fingerprint density at radius 1 is 1.29 bits per heavy atom. The van der Waals surface area contributed by atoms with Crippen LogP contribution in [0.25, 0.3) is 0 Å². The van der Waals surface area contributed by atoms with Gasteiger partial charge in [0, 0.05) is 36.7 Å². The molecule has 1 aliphatic rings. The van der Waals surface area contributed by atoms with Crippen molar-refractivity contribution in [1.29, 1.82) is 0 Å². The van der Waals surface area contributed by atoms with Crippen LogP contribution in [0.4, 0.5) is 5.69 Å². The number of sulfonamides is 1. The minimum Gasteiger partial charge on any atom is -0.370 e. The summed E-state index contributed by atoms with van der Waals surface area (Å²) in [6.07, 6.45) is 1.25. The second-order valence-corrected chi connectivity index (χ2v) is 10.6. The minimum atomic E-state index is -3.63. The van der Waals surface area contributed by atoms with E-state index in [0.29, 0.717) is 30.1 Å². The van der Waals surface area contributed by atoms with Crippen LogP contribution in [0.2, 0.25) is 0 Å². The van der Waals surface area contributed by atoms with E-state index < -0.39 is 16.1 Å². The van der Waals surface area contributed by atoms with Crippen LogP contribution in [-0.4, -0.2) is 50.9 Å². The smallest absolute Gasteiger partial charge is 0.253 e. The van der Waals surface area contributed by atoms with Gasteiger partial charge in [0.05, 0.1) is 0 Å². The largest absolute Gasteiger partial charge is 0.370 e. The zero-order valence-corrected chi connectivity index (χ0v) is 18.1. The average molecular weight is 422 g/mol. The number of nitrogens with zero attached hydrogens (tertiary/aromatic N) is 2. The summed E-state index contributed by atoms with van der Waals surface area (Å²) in [6, 6.07) is 12.8. The number of aryl methyl sites for hydroxylation is 1. The predicted octanol–water partition coefficient (Wildman–Crippen LogP) is 2.85. The van der Waals surface area contributed by atoms with E-state index >= 15 is 0 Å². The van der Waals surface area contributed by atoms with Crippen LogP contribution in [0.15, 0.2) is 46.7 Å². The Morgan fingerprint density at radius 2 is 2.00 bits per heavy atom. The molecule has 0 spiro atoms. The Kier molecular flexibility index (Phi) is 6.42. The molecule has 152 valence electrons. The molecule has 0 saturated carbocycles. The van der Waals surface area contributed by atoms with Crippen LogP contribution in [0, 0.1) is 6.92 Å². The van der Waals surface area contributed by atoms with Crippen molar-refractivity contribution in [3.8, 4) is 0 Å². The Hall–Kier alpha value is -1.90. The van der Waals surface area contributed by atoms with E-state index in [0.717, 1.165) is 10.6 Å². The van der Waals surface area contributed by atoms with Crippen LogP contribution in [0.3, 0.4) is 0 Å². The summed E-state index contributed by atoms with van der Waals surface area (Å²) in [7, 11) is -1.65. The van der Waals surface area contributed by atoms with Gasteiger partial charge in [-0.15, -0.1) is 11.3 Å². The highest BCUT2D eigenvalue weighted by molar-refractivity contribution is 7.91. The first-order chi connectivity index (χ1) is 13.3. The lowest BCUT2D eigenvalue weighted by Crippen LogP contribution is -2.48. The number of amides is 1. The van der Waals surface area contributed by atoms with E-state index in [2.05, 4.69) is 10.2 Å². The molecule has 1 fully saturated rings. The molecule has 2 atom stereocenters. The van der Waals surface area contributed by atoms with Crippen molar-refractivity contribution in [2.75, 3.05) is 25.0 Å². The summed E-state index contributed by atoms with van der Waals surface area (Å²) >= 11 is 1.25. The zero-order valence-electron chi connectivity index (χ0n) is 16.5. The van der Waals surface area contributed by atoms with Gasteiger partial charge in [0.15, 0.2) is 0 Å². The molecule has 2 aromatic rings. The van der Waals surface area contributed by atoms with Gasteiger partial charge >= 0.3 is 0 Å². The third kappa shape index (κ3) is 4.39. The molecule has 28 heavy (non-hydrogen) atoms. The molecule has 2 heterocycles. The van der Waals surface area contributed by atoms with Crippen LogP contribution in [0.1, 0.15) is 24.6 Å². The number of thiophene rings is 1. The number of hydrogen-bond acceptors (Lipinski definition) is 5. The molecular formula is C20H27N3O3S2. The summed E-state index contributed by atoms with van der Waals surface area (Å²) < 4.78 is 27.6. The number of carbonyl (C=O) groups excluding carboxylic acids is 1. The van der Waals surface area contributed by atoms with Crippen LogP contribution >= 0.6 is 11.3 Å². The lowest BCUT2D eigenvalue weighted by molar-refractivity contribution is -0.124. The maximum absolute atomic E-state index is 12.9. The Labute approximate surface area is 171 Å². The molecule has 3 rings (SSSR count). The number of rotatable bonds is 7. The van der Waals surface area contributed by atoms with Crippen molar-refractivity contribution in [1.82, 2.24) is 9.62 Å². The molecule has 1 N–H and O–H groups in total. The van der Waals surface area contributed by atoms with Crippen LogP contribution < -0.4 is 10.2 Å². The monoisotopic (exact) mass is 421 g/mol. The SMILES string of the molecule is Cc1ccc(S(=O)(=O)N2CCCC2C(=O)NCC(C)N(C)c2ccccc2)s1. The van der Waals surface area contributed by atoms with Gasteiger partial charge in [0.25, 0.3) is 10.0 Å². The van der Waals surface area contributed by atoms with Gasteiger partial charge in [0.1, 0.15) is 10.3 Å². The first kappa shape index (κ1) is 20.8. The first-order valence-electron chi connectivity index (χ1n) is 9.44. The van der Waals surface area contributed by atoms with Crippen molar-refractivity contribution >= 4 is 33.0 Å². The molecule has 0 bridgehead atoms. The Morgan fingerprint density at radius 3 is 2.64 bits per heavy atom. The molecule has 2 unspecified atom stereocenters. The number of hydrogen-bond donors (Lipinski definition) is 1. The Balaban J connectivity index is 1.63. The zero-order chi connectivity index (χ0) is 20.3. The van der Waals surface area contributed by atoms with Crippen LogP contribution in [-0.2, 0) is 14.8 Å². The second kappa shape index (κ2) is 8.63. The number of anilines is 1. The summed E-state index contributed by atoms with van der Waals surface area (Å²) in [5, 5.41) is 2.95. The van der Waals surface area contributed by atoms with Crippen molar-refractivity contribution in [2.45, 2.75) is 43.0 Å². The summed E-state index contributed by atoms with van der Waals surface area (Å²) in [5.74, 6) is -0.220. The third-order valence-corrected chi connectivity index (χ3v) is 8.56. The number of carbonyl (C=O) groups is 1. The number of likely N-dealkylation sites (N-methyl/N-ethyl adjacent to an activating group) is 1. The van der Waals surface area contributed by atoms with Gasteiger partial charge in [-0.1, -0.05) is 18.2 Å². The highest BCUT2D eigenvalue weighted by Gasteiger charge is 2.40. The first-order valence-corrected chi connectivity index (χ1v) is 11.7. The van der Waals surface area contributed by atoms with Crippen molar-refractivity contribution in [2.24, 2.45) is 0 Å². The van der Waals surface area contributed by atoms with Crippen molar-refractivity contribution in [3.63, 3.8) is 0 Å². The predicted molar refractivity (Wildman–Crippen MR) is 113 cm³/mol. The molecule has 0 aliphatic carbocycles. The normalized spacial score (nSPS) is 18.8. The second-order valence-electron chi connectivity index (χ2n) is 7.18. The molecule has 1 saturated heterocycles. The molecule has 1 aromatic carbocycles. The maximum atomic E-state index is 12.9. The number of nitrogens with one attached hydrogen (secondary N) is 1. The number of para-hydroxylation sites is 1. The van der Waals surface area contributed by atoms with E-state index in [4.69, 9.17) is 0 Å².